The van der Waals surface area contributed by atoms with E-state index >= 15 is 0 Å². The van der Waals surface area contributed by atoms with E-state index in [1.54, 1.807) is 18.6 Å². The fourth-order valence-corrected chi connectivity index (χ4v) is 0.761. The molecule has 116 valence electrons. The van der Waals surface area contributed by atoms with E-state index in [-0.39, 0.29) is 5.48 Å². The first-order chi connectivity index (χ1) is 9.39. The zero-order chi connectivity index (χ0) is 15.4. The average Bonchev–Trinajstić information content (AvgIpc) is 2.56. The Hall–Kier alpha value is -1.74. The van der Waals surface area contributed by atoms with Gasteiger partial charge < -0.3 is 5.48 Å². The molecule has 2 aromatic rings. The summed E-state index contributed by atoms with van der Waals surface area (Å²) < 4.78 is 0. The van der Waals surface area contributed by atoms with E-state index in [1.807, 2.05) is 85.0 Å². The Balaban J connectivity index is -0.0000000907. The summed E-state index contributed by atoms with van der Waals surface area (Å²) in [7, 11) is 0. The van der Waals surface area contributed by atoms with Crippen molar-refractivity contribution in [1.29, 1.82) is 0 Å². The highest BCUT2D eigenvalue weighted by Gasteiger charge is 1.73. The number of nitrogens with zero attached hydrogens (tertiary/aromatic N) is 2. The second-order valence-corrected chi connectivity index (χ2v) is 2.55. The lowest BCUT2D eigenvalue weighted by Gasteiger charge is -1.82. The molecule has 0 saturated heterocycles. The molecule has 0 amide bonds. The van der Waals surface area contributed by atoms with Crippen LogP contribution in [0.15, 0.2) is 55.1 Å². The molecule has 0 saturated carbocycles. The van der Waals surface area contributed by atoms with E-state index in [4.69, 9.17) is 0 Å². The third kappa shape index (κ3) is 25.2. The minimum atomic E-state index is 0. The van der Waals surface area contributed by atoms with Crippen molar-refractivity contribution >= 4 is 0 Å². The van der Waals surface area contributed by atoms with Crippen molar-refractivity contribution in [2.45, 2.75) is 48.5 Å². The van der Waals surface area contributed by atoms with E-state index in [0.29, 0.717) is 0 Å². The molecule has 2 aromatic heterocycles. The topological polar surface area (TPSA) is 57.3 Å². The lowest BCUT2D eigenvalue weighted by Crippen LogP contribution is -1.69. The van der Waals surface area contributed by atoms with Crippen LogP contribution in [0.4, 0.5) is 0 Å². The van der Waals surface area contributed by atoms with Gasteiger partial charge in [0, 0.05) is 24.8 Å². The van der Waals surface area contributed by atoms with Crippen molar-refractivity contribution in [1.82, 2.24) is 9.97 Å². The van der Waals surface area contributed by atoms with Crippen LogP contribution in [0.3, 0.4) is 0 Å². The first-order valence-electron chi connectivity index (χ1n) is 7.11. The first kappa shape index (κ1) is 26.8. The Labute approximate surface area is 125 Å². The maximum absolute atomic E-state index is 3.88. The molecule has 20 heavy (non-hydrogen) atoms. The van der Waals surface area contributed by atoms with Crippen molar-refractivity contribution in [2.75, 3.05) is 0 Å². The van der Waals surface area contributed by atoms with E-state index < -0.39 is 0 Å². The van der Waals surface area contributed by atoms with Crippen LogP contribution in [-0.4, -0.2) is 15.4 Å². The molecule has 2 heterocycles. The van der Waals surface area contributed by atoms with Crippen molar-refractivity contribution in [2.24, 2.45) is 0 Å². The maximum atomic E-state index is 3.88. The average molecular weight is 280 g/mol. The number of hydrogen-bond acceptors (Lipinski definition) is 2. The summed E-state index contributed by atoms with van der Waals surface area (Å²) in [4.78, 5) is 7.67. The molecular weight excluding hydrogens is 248 g/mol. The fraction of sp³-hybridized carbons (Fsp3) is 0.412. The Morgan fingerprint density at radius 1 is 0.650 bits per heavy atom. The molecule has 0 bridgehead atoms. The Morgan fingerprint density at radius 3 is 1.25 bits per heavy atom. The van der Waals surface area contributed by atoms with Gasteiger partial charge in [-0.15, -0.1) is 0 Å². The molecule has 0 aromatic carbocycles. The SMILES string of the molecule is CC.CC.CC.Cc1cccnc1.O.c1ccncc1. The molecular formula is C17H32N2O. The number of rotatable bonds is 0. The lowest BCUT2D eigenvalue weighted by molar-refractivity contribution is 0.824. The van der Waals surface area contributed by atoms with Crippen molar-refractivity contribution in [3.8, 4) is 0 Å². The minimum Gasteiger partial charge on any atom is -0.412 e. The summed E-state index contributed by atoms with van der Waals surface area (Å²) in [6, 6.07) is 9.66. The molecule has 0 aliphatic heterocycles. The van der Waals surface area contributed by atoms with Gasteiger partial charge in [-0.25, -0.2) is 0 Å². The van der Waals surface area contributed by atoms with Crippen LogP contribution < -0.4 is 0 Å². The normalized spacial score (nSPS) is 6.35. The van der Waals surface area contributed by atoms with E-state index in [0.717, 1.165) is 0 Å². The zero-order valence-corrected chi connectivity index (χ0v) is 14.1. The highest BCUT2D eigenvalue weighted by molar-refractivity contribution is 5.04. The molecule has 0 spiro atoms. The van der Waals surface area contributed by atoms with E-state index in [2.05, 4.69) is 9.97 Å². The minimum absolute atomic E-state index is 0. The van der Waals surface area contributed by atoms with Gasteiger partial charge in [-0.3, -0.25) is 9.97 Å². The zero-order valence-electron chi connectivity index (χ0n) is 14.1. The molecule has 0 radical (unpaired) electrons. The highest BCUT2D eigenvalue weighted by atomic mass is 16.0. The van der Waals surface area contributed by atoms with E-state index in [1.165, 1.54) is 5.56 Å². The lowest BCUT2D eigenvalue weighted by atomic mass is 10.3. The van der Waals surface area contributed by atoms with Gasteiger partial charge in [0.25, 0.3) is 0 Å². The van der Waals surface area contributed by atoms with Gasteiger partial charge in [0.05, 0.1) is 0 Å². The van der Waals surface area contributed by atoms with Gasteiger partial charge in [0.15, 0.2) is 0 Å². The summed E-state index contributed by atoms with van der Waals surface area (Å²) >= 11 is 0. The molecule has 3 nitrogen and oxygen atoms in total. The molecule has 2 N–H and O–H groups in total. The van der Waals surface area contributed by atoms with Crippen molar-refractivity contribution in [3.63, 3.8) is 0 Å². The van der Waals surface area contributed by atoms with Gasteiger partial charge in [-0.1, -0.05) is 53.7 Å². The second-order valence-electron chi connectivity index (χ2n) is 2.55. The maximum Gasteiger partial charge on any atom is 0.0297 e. The predicted molar refractivity (Wildman–Crippen MR) is 90.9 cm³/mol. The van der Waals surface area contributed by atoms with Gasteiger partial charge >= 0.3 is 0 Å². The van der Waals surface area contributed by atoms with E-state index in [9.17, 15) is 0 Å². The second kappa shape index (κ2) is 30.4. The van der Waals surface area contributed by atoms with Crippen LogP contribution in [0.5, 0.6) is 0 Å². The number of pyridine rings is 2. The largest absolute Gasteiger partial charge is 0.412 e. The molecule has 2 rings (SSSR count). The third-order valence-electron chi connectivity index (χ3n) is 1.38. The van der Waals surface area contributed by atoms with Crippen molar-refractivity contribution < 1.29 is 5.48 Å². The van der Waals surface area contributed by atoms with Gasteiger partial charge in [0.1, 0.15) is 0 Å². The summed E-state index contributed by atoms with van der Waals surface area (Å²) in [6.07, 6.45) is 7.10. The molecule has 0 fully saturated rings. The third-order valence-corrected chi connectivity index (χ3v) is 1.38. The standard InChI is InChI=1S/C6H7N.C5H5N.3C2H6.H2O/c1-6-3-2-4-7-5-6;1-2-4-6-5-3-1;3*1-2;/h2-5H,1H3;1-5H;3*1-2H3;1H2. The number of aryl methyl sites for hydroxylation is 1. The smallest absolute Gasteiger partial charge is 0.0297 e. The van der Waals surface area contributed by atoms with Gasteiger partial charge in [-0.05, 0) is 30.7 Å². The van der Waals surface area contributed by atoms with Crippen LogP contribution in [0.1, 0.15) is 47.1 Å². The molecule has 0 unspecified atom stereocenters. The Bertz CT molecular complexity index is 286. The first-order valence-corrected chi connectivity index (χ1v) is 7.11. The summed E-state index contributed by atoms with van der Waals surface area (Å²) in [6.45, 7) is 14.0. The van der Waals surface area contributed by atoms with Gasteiger partial charge in [-0.2, -0.15) is 0 Å². The quantitative estimate of drug-likeness (QED) is 0.700. The molecule has 0 atom stereocenters. The van der Waals surface area contributed by atoms with Gasteiger partial charge in [0.2, 0.25) is 0 Å². The monoisotopic (exact) mass is 280 g/mol. The van der Waals surface area contributed by atoms with Crippen LogP contribution in [0.2, 0.25) is 0 Å². The molecule has 0 aliphatic carbocycles. The fourth-order valence-electron chi connectivity index (χ4n) is 0.761. The summed E-state index contributed by atoms with van der Waals surface area (Å²) in [5.41, 5.74) is 1.21. The predicted octanol–water partition coefficient (Wildman–Crippen LogP) is 4.73. The number of aromatic nitrogens is 2. The van der Waals surface area contributed by atoms with Crippen molar-refractivity contribution in [3.05, 3.63) is 60.7 Å². The summed E-state index contributed by atoms with van der Waals surface area (Å²) in [5, 5.41) is 0. The van der Waals surface area contributed by atoms with Crippen LogP contribution in [-0.2, 0) is 0 Å². The number of hydrogen-bond donors (Lipinski definition) is 0. The van der Waals surface area contributed by atoms with Crippen LogP contribution >= 0.6 is 0 Å². The summed E-state index contributed by atoms with van der Waals surface area (Å²) in [5.74, 6) is 0. The Kier molecular flexibility index (Phi) is 40.6. The van der Waals surface area contributed by atoms with Crippen LogP contribution in [0, 0.1) is 6.92 Å². The van der Waals surface area contributed by atoms with Crippen LogP contribution in [0.25, 0.3) is 0 Å². The Morgan fingerprint density at radius 2 is 1.10 bits per heavy atom. The molecule has 3 heteroatoms. The highest BCUT2D eigenvalue weighted by Crippen LogP contribution is 1.88. The molecule has 0 aliphatic rings.